The Labute approximate surface area is 159 Å². The minimum absolute atomic E-state index is 0.0233. The molecule has 3 aromatic rings. The number of aromatic nitrogens is 1. The minimum Gasteiger partial charge on any atom is -0.486 e. The fourth-order valence-corrected chi connectivity index (χ4v) is 4.57. The van der Waals surface area contributed by atoms with Crippen molar-refractivity contribution in [1.29, 1.82) is 0 Å². The van der Waals surface area contributed by atoms with Gasteiger partial charge in [0.2, 0.25) is 5.91 Å². The van der Waals surface area contributed by atoms with E-state index in [1.807, 2.05) is 30.5 Å². The van der Waals surface area contributed by atoms with E-state index in [1.165, 1.54) is 0 Å². The summed E-state index contributed by atoms with van der Waals surface area (Å²) in [6.07, 6.45) is 1.09. The predicted octanol–water partition coefficient (Wildman–Crippen LogP) is 4.52. The smallest absolute Gasteiger partial charge is 0.224 e. The molecule has 0 atom stereocenters. The van der Waals surface area contributed by atoms with E-state index in [0.29, 0.717) is 31.8 Å². The zero-order valence-electron chi connectivity index (χ0n) is 14.3. The van der Waals surface area contributed by atoms with Gasteiger partial charge in [-0.15, -0.1) is 22.7 Å². The Balaban J connectivity index is 1.40. The highest BCUT2D eigenvalue weighted by atomic mass is 32.1. The van der Waals surface area contributed by atoms with Gasteiger partial charge in [0.15, 0.2) is 11.5 Å². The van der Waals surface area contributed by atoms with Gasteiger partial charge < -0.3 is 14.8 Å². The Morgan fingerprint density at radius 2 is 2.08 bits per heavy atom. The fraction of sp³-hybridized carbons (Fsp3) is 0.263. The molecule has 1 N–H and O–H groups in total. The van der Waals surface area contributed by atoms with Gasteiger partial charge in [-0.1, -0.05) is 6.07 Å². The van der Waals surface area contributed by atoms with Gasteiger partial charge in [-0.05, 0) is 36.9 Å². The summed E-state index contributed by atoms with van der Waals surface area (Å²) < 4.78 is 11.1. The zero-order chi connectivity index (χ0) is 17.9. The summed E-state index contributed by atoms with van der Waals surface area (Å²) in [5.41, 5.74) is 1.73. The van der Waals surface area contributed by atoms with Crippen LogP contribution in [0.4, 0.5) is 5.69 Å². The Morgan fingerprint density at radius 1 is 1.23 bits per heavy atom. The minimum atomic E-state index is -0.0233. The maximum absolute atomic E-state index is 12.4. The maximum Gasteiger partial charge on any atom is 0.224 e. The van der Waals surface area contributed by atoms with Crippen LogP contribution in [-0.4, -0.2) is 24.1 Å². The van der Waals surface area contributed by atoms with Crippen LogP contribution in [0.3, 0.4) is 0 Å². The molecular weight excluding hydrogens is 368 g/mol. The summed E-state index contributed by atoms with van der Waals surface area (Å²) in [6.45, 7) is 3.08. The fourth-order valence-electron chi connectivity index (χ4n) is 2.82. The van der Waals surface area contributed by atoms with Crippen LogP contribution in [0, 0.1) is 6.92 Å². The van der Waals surface area contributed by atoms with E-state index in [1.54, 1.807) is 28.7 Å². The summed E-state index contributed by atoms with van der Waals surface area (Å²) in [5.74, 6) is 1.37. The van der Waals surface area contributed by atoms with Crippen LogP contribution in [-0.2, 0) is 11.2 Å². The lowest BCUT2D eigenvalue weighted by atomic mass is 10.2. The molecule has 1 aliphatic heterocycles. The number of ether oxygens (including phenoxy) is 2. The van der Waals surface area contributed by atoms with Crippen molar-refractivity contribution in [2.45, 2.75) is 19.8 Å². The Bertz CT molecular complexity index is 919. The van der Waals surface area contributed by atoms with Crippen LogP contribution in [0.1, 0.15) is 16.3 Å². The number of amides is 1. The standard InChI is InChI=1S/C19H18N2O3S2/c1-12-20-19(16-3-2-10-25-16)17(26-12)6-7-18(22)21-13-4-5-14-15(11-13)24-9-8-23-14/h2-5,10-11H,6-9H2,1H3,(H,21,22). The first-order valence-corrected chi connectivity index (χ1v) is 10.1. The van der Waals surface area contributed by atoms with Crippen molar-refractivity contribution in [2.24, 2.45) is 0 Å². The maximum atomic E-state index is 12.4. The quantitative estimate of drug-likeness (QED) is 0.700. The summed E-state index contributed by atoms with van der Waals surface area (Å²) >= 11 is 3.33. The molecule has 134 valence electrons. The number of thiophene rings is 1. The normalized spacial score (nSPS) is 12.8. The molecule has 0 spiro atoms. The first kappa shape index (κ1) is 17.1. The molecule has 1 amide bonds. The molecular formula is C19H18N2O3S2. The molecule has 5 nitrogen and oxygen atoms in total. The SMILES string of the molecule is Cc1nc(-c2cccs2)c(CCC(=O)Nc2ccc3c(c2)OCCO3)s1. The zero-order valence-corrected chi connectivity index (χ0v) is 15.9. The number of nitrogens with zero attached hydrogens (tertiary/aromatic N) is 1. The first-order valence-electron chi connectivity index (χ1n) is 8.39. The van der Waals surface area contributed by atoms with Crippen LogP contribution >= 0.6 is 22.7 Å². The third-order valence-corrected chi connectivity index (χ3v) is 5.87. The number of thiazole rings is 1. The van der Waals surface area contributed by atoms with Crippen molar-refractivity contribution >= 4 is 34.3 Å². The number of anilines is 1. The van der Waals surface area contributed by atoms with Gasteiger partial charge in [0.05, 0.1) is 15.6 Å². The highest BCUT2D eigenvalue weighted by Gasteiger charge is 2.15. The molecule has 0 unspecified atom stereocenters. The van der Waals surface area contributed by atoms with Crippen LogP contribution in [0.5, 0.6) is 11.5 Å². The van der Waals surface area contributed by atoms with E-state index in [4.69, 9.17) is 9.47 Å². The number of hydrogen-bond acceptors (Lipinski definition) is 6. The number of carbonyl (C=O) groups excluding carboxylic acids is 1. The van der Waals surface area contributed by atoms with Gasteiger partial charge in [-0.3, -0.25) is 4.79 Å². The lowest BCUT2D eigenvalue weighted by Crippen LogP contribution is -2.16. The van der Waals surface area contributed by atoms with Gasteiger partial charge in [-0.25, -0.2) is 4.98 Å². The van der Waals surface area contributed by atoms with Gasteiger partial charge in [0.1, 0.15) is 13.2 Å². The molecule has 26 heavy (non-hydrogen) atoms. The van der Waals surface area contributed by atoms with Crippen molar-refractivity contribution < 1.29 is 14.3 Å². The average Bonchev–Trinajstić information content (AvgIpc) is 3.29. The first-order chi connectivity index (χ1) is 12.7. The predicted molar refractivity (Wildman–Crippen MR) is 105 cm³/mol. The van der Waals surface area contributed by atoms with E-state index in [2.05, 4.69) is 16.4 Å². The second-order valence-electron chi connectivity index (χ2n) is 5.89. The van der Waals surface area contributed by atoms with Gasteiger partial charge in [0, 0.05) is 23.1 Å². The summed E-state index contributed by atoms with van der Waals surface area (Å²) in [6, 6.07) is 9.55. The van der Waals surface area contributed by atoms with Crippen molar-refractivity contribution in [1.82, 2.24) is 4.98 Å². The lowest BCUT2D eigenvalue weighted by Gasteiger charge is -2.19. The largest absolute Gasteiger partial charge is 0.486 e. The van der Waals surface area contributed by atoms with Crippen LogP contribution < -0.4 is 14.8 Å². The Morgan fingerprint density at radius 3 is 2.88 bits per heavy atom. The van der Waals surface area contributed by atoms with Crippen molar-refractivity contribution in [3.05, 3.63) is 45.6 Å². The van der Waals surface area contributed by atoms with E-state index in [9.17, 15) is 4.79 Å². The Kier molecular flexibility index (Phi) is 4.90. The summed E-state index contributed by atoms with van der Waals surface area (Å²) in [4.78, 5) is 19.3. The number of carbonyl (C=O) groups is 1. The molecule has 1 aromatic carbocycles. The van der Waals surface area contributed by atoms with Gasteiger partial charge >= 0.3 is 0 Å². The number of benzene rings is 1. The number of hydrogen-bond donors (Lipinski definition) is 1. The van der Waals surface area contributed by atoms with Crippen molar-refractivity contribution in [2.75, 3.05) is 18.5 Å². The van der Waals surface area contributed by atoms with E-state index in [0.717, 1.165) is 31.9 Å². The third kappa shape index (κ3) is 3.73. The molecule has 4 rings (SSSR count). The van der Waals surface area contributed by atoms with Gasteiger partial charge in [-0.2, -0.15) is 0 Å². The second-order valence-corrected chi connectivity index (χ2v) is 8.12. The molecule has 0 bridgehead atoms. The topological polar surface area (TPSA) is 60.5 Å². The van der Waals surface area contributed by atoms with E-state index in [-0.39, 0.29) is 5.91 Å². The molecule has 1 aliphatic rings. The number of aryl methyl sites for hydroxylation is 2. The van der Waals surface area contributed by atoms with Crippen LogP contribution in [0.25, 0.3) is 10.6 Å². The lowest BCUT2D eigenvalue weighted by molar-refractivity contribution is -0.116. The summed E-state index contributed by atoms with van der Waals surface area (Å²) in [5, 5.41) is 6.00. The molecule has 2 aromatic heterocycles. The van der Waals surface area contributed by atoms with Gasteiger partial charge in [0.25, 0.3) is 0 Å². The average molecular weight is 386 g/mol. The van der Waals surface area contributed by atoms with Crippen LogP contribution in [0.15, 0.2) is 35.7 Å². The molecule has 0 fully saturated rings. The Hall–Kier alpha value is -2.38. The number of nitrogens with one attached hydrogen (secondary N) is 1. The number of fused-ring (bicyclic) bond motifs is 1. The molecule has 3 heterocycles. The molecule has 0 radical (unpaired) electrons. The van der Waals surface area contributed by atoms with E-state index < -0.39 is 0 Å². The monoisotopic (exact) mass is 386 g/mol. The third-order valence-electron chi connectivity index (χ3n) is 3.96. The van der Waals surface area contributed by atoms with Crippen LogP contribution in [0.2, 0.25) is 0 Å². The molecule has 0 aliphatic carbocycles. The summed E-state index contributed by atoms with van der Waals surface area (Å²) in [7, 11) is 0. The molecule has 0 saturated carbocycles. The molecule has 0 saturated heterocycles. The number of rotatable bonds is 5. The molecule has 7 heteroatoms. The van der Waals surface area contributed by atoms with E-state index >= 15 is 0 Å². The second kappa shape index (κ2) is 7.47. The van der Waals surface area contributed by atoms with Crippen molar-refractivity contribution in [3.63, 3.8) is 0 Å². The highest BCUT2D eigenvalue weighted by Crippen LogP contribution is 2.33. The van der Waals surface area contributed by atoms with Crippen molar-refractivity contribution in [3.8, 4) is 22.1 Å². The highest BCUT2D eigenvalue weighted by molar-refractivity contribution is 7.15.